The van der Waals surface area contributed by atoms with Gasteiger partial charge in [0.25, 0.3) is 0 Å². The van der Waals surface area contributed by atoms with E-state index in [9.17, 15) is 8.42 Å². The van der Waals surface area contributed by atoms with E-state index in [-0.39, 0.29) is 20.6 Å². The fraction of sp³-hybridized carbons (Fsp3) is 0.158. The van der Waals surface area contributed by atoms with Gasteiger partial charge in [0, 0.05) is 94.0 Å². The number of anilines is 6. The highest BCUT2D eigenvalue weighted by molar-refractivity contribution is 7.91. The SMILES string of the molecule is CC1(C)c2cnccc2N(c2ccc(S(=O)(=O)c3ccc(N4c5ccncc5C(C)(C)c5cnccc54)cc3)cc2)c2ccncc21. The Bertz CT molecular complexity index is 2030. The molecule has 0 aliphatic carbocycles. The first-order valence-electron chi connectivity index (χ1n) is 15.4. The number of hydrogen-bond donors (Lipinski definition) is 0. The summed E-state index contributed by atoms with van der Waals surface area (Å²) in [5, 5.41) is 0. The Kier molecular flexibility index (Phi) is 6.36. The molecule has 0 saturated heterocycles. The van der Waals surface area contributed by atoms with E-state index in [1.807, 2.05) is 73.3 Å². The molecular formula is C38H32N6O2S. The van der Waals surface area contributed by atoms with Crippen LogP contribution in [0, 0.1) is 0 Å². The monoisotopic (exact) mass is 636 g/mol. The number of sulfone groups is 1. The van der Waals surface area contributed by atoms with Crippen LogP contribution in [0.15, 0.2) is 132 Å². The van der Waals surface area contributed by atoms with Crippen molar-refractivity contribution >= 4 is 44.0 Å². The van der Waals surface area contributed by atoms with Crippen LogP contribution in [0.25, 0.3) is 0 Å². The molecular weight excluding hydrogens is 605 g/mol. The van der Waals surface area contributed by atoms with Gasteiger partial charge in [0.15, 0.2) is 0 Å². The van der Waals surface area contributed by atoms with Gasteiger partial charge in [-0.15, -0.1) is 0 Å². The summed E-state index contributed by atoms with van der Waals surface area (Å²) in [5.41, 5.74) is 9.45. The van der Waals surface area contributed by atoms with E-state index in [0.717, 1.165) is 56.4 Å². The molecule has 2 aromatic carbocycles. The molecule has 0 radical (unpaired) electrons. The molecule has 8 rings (SSSR count). The van der Waals surface area contributed by atoms with Crippen LogP contribution in [0.2, 0.25) is 0 Å². The van der Waals surface area contributed by atoms with Gasteiger partial charge in [0.05, 0.1) is 32.5 Å². The predicted molar refractivity (Wildman–Crippen MR) is 183 cm³/mol. The molecule has 0 fully saturated rings. The molecule has 0 amide bonds. The van der Waals surface area contributed by atoms with Crippen LogP contribution < -0.4 is 9.80 Å². The Hall–Kier alpha value is -5.41. The van der Waals surface area contributed by atoms with Crippen molar-refractivity contribution in [2.75, 3.05) is 9.80 Å². The fourth-order valence-corrected chi connectivity index (χ4v) is 8.31. The number of aromatic nitrogens is 4. The first-order chi connectivity index (χ1) is 22.6. The third-order valence-corrected chi connectivity index (χ3v) is 11.4. The van der Waals surface area contributed by atoms with E-state index in [0.29, 0.717) is 0 Å². The maximum atomic E-state index is 13.9. The molecule has 6 aromatic rings. The largest absolute Gasteiger partial charge is 0.310 e. The topological polar surface area (TPSA) is 92.2 Å². The standard InChI is InChI=1S/C38H32N6O2S/c1-37(2)29-21-39-17-13-33(29)43(34-14-18-40-22-30(34)37)25-5-9-27(10-6-25)47(45,46)28-11-7-26(8-12-28)44-35-15-19-41-23-31(35)38(3,4)32-24-42-20-16-36(32)44/h5-24H,1-4H3. The third-order valence-electron chi connectivity index (χ3n) is 9.66. The van der Waals surface area contributed by atoms with Crippen molar-refractivity contribution in [1.82, 2.24) is 19.9 Å². The van der Waals surface area contributed by atoms with Gasteiger partial charge in [-0.05, 0) is 72.8 Å². The highest BCUT2D eigenvalue weighted by Gasteiger charge is 2.39. The second-order valence-corrected chi connectivity index (χ2v) is 14.9. The minimum atomic E-state index is -3.79. The van der Waals surface area contributed by atoms with Gasteiger partial charge < -0.3 is 9.80 Å². The average Bonchev–Trinajstić information content (AvgIpc) is 3.09. The lowest BCUT2D eigenvalue weighted by molar-refractivity contribution is 0.596. The Morgan fingerprint density at radius 2 is 0.723 bits per heavy atom. The molecule has 2 aliphatic rings. The molecule has 0 bridgehead atoms. The molecule has 4 aromatic heterocycles. The van der Waals surface area contributed by atoms with Gasteiger partial charge >= 0.3 is 0 Å². The number of hydrogen-bond acceptors (Lipinski definition) is 8. The van der Waals surface area contributed by atoms with Crippen molar-refractivity contribution in [3.8, 4) is 0 Å². The lowest BCUT2D eigenvalue weighted by Crippen LogP contribution is -2.31. The molecule has 0 spiro atoms. The van der Waals surface area contributed by atoms with Crippen LogP contribution in [-0.4, -0.2) is 28.4 Å². The Morgan fingerprint density at radius 3 is 1.00 bits per heavy atom. The van der Waals surface area contributed by atoms with Crippen LogP contribution in [0.3, 0.4) is 0 Å². The zero-order chi connectivity index (χ0) is 32.6. The van der Waals surface area contributed by atoms with Crippen molar-refractivity contribution < 1.29 is 8.42 Å². The maximum Gasteiger partial charge on any atom is 0.206 e. The quantitative estimate of drug-likeness (QED) is 0.191. The number of benzene rings is 2. The van der Waals surface area contributed by atoms with Crippen molar-refractivity contribution in [3.05, 3.63) is 145 Å². The van der Waals surface area contributed by atoms with Crippen LogP contribution in [-0.2, 0) is 20.7 Å². The lowest BCUT2D eigenvalue weighted by Gasteiger charge is -2.41. The number of nitrogens with zero attached hydrogens (tertiary/aromatic N) is 6. The smallest absolute Gasteiger partial charge is 0.206 e. The van der Waals surface area contributed by atoms with Gasteiger partial charge in [-0.1, -0.05) is 27.7 Å². The maximum absolute atomic E-state index is 13.9. The third kappa shape index (κ3) is 4.30. The van der Waals surface area contributed by atoms with Gasteiger partial charge in [0.2, 0.25) is 9.84 Å². The summed E-state index contributed by atoms with van der Waals surface area (Å²) in [6, 6.07) is 22.2. The molecule has 0 N–H and O–H groups in total. The lowest BCUT2D eigenvalue weighted by atomic mass is 9.75. The molecule has 47 heavy (non-hydrogen) atoms. The van der Waals surface area contributed by atoms with Crippen molar-refractivity contribution in [3.63, 3.8) is 0 Å². The van der Waals surface area contributed by atoms with E-state index in [1.165, 1.54) is 0 Å². The number of rotatable bonds is 4. The van der Waals surface area contributed by atoms with E-state index in [2.05, 4.69) is 57.4 Å². The van der Waals surface area contributed by atoms with Crippen molar-refractivity contribution in [2.24, 2.45) is 0 Å². The van der Waals surface area contributed by atoms with Gasteiger partial charge in [-0.2, -0.15) is 0 Å². The summed E-state index contributed by atoms with van der Waals surface area (Å²) >= 11 is 0. The second-order valence-electron chi connectivity index (χ2n) is 13.0. The molecule has 0 saturated carbocycles. The van der Waals surface area contributed by atoms with E-state index in [4.69, 9.17) is 0 Å². The van der Waals surface area contributed by atoms with Crippen LogP contribution in [0.4, 0.5) is 34.1 Å². The van der Waals surface area contributed by atoms with Gasteiger partial charge in [-0.3, -0.25) is 19.9 Å². The van der Waals surface area contributed by atoms with Gasteiger partial charge in [0.1, 0.15) is 0 Å². The molecule has 0 unspecified atom stereocenters. The minimum absolute atomic E-state index is 0.226. The van der Waals surface area contributed by atoms with E-state index < -0.39 is 9.84 Å². The Morgan fingerprint density at radius 1 is 0.447 bits per heavy atom. The molecule has 232 valence electrons. The Labute approximate surface area is 274 Å². The predicted octanol–water partition coefficient (Wildman–Crippen LogP) is 8.32. The molecule has 9 heteroatoms. The highest BCUT2D eigenvalue weighted by Crippen LogP contribution is 2.52. The summed E-state index contributed by atoms with van der Waals surface area (Å²) in [6.07, 6.45) is 14.7. The normalized spacial score (nSPS) is 15.7. The summed E-state index contributed by atoms with van der Waals surface area (Å²) < 4.78 is 27.8. The van der Waals surface area contributed by atoms with Crippen molar-refractivity contribution in [2.45, 2.75) is 48.3 Å². The minimum Gasteiger partial charge on any atom is -0.310 e. The zero-order valence-electron chi connectivity index (χ0n) is 26.5. The summed E-state index contributed by atoms with van der Waals surface area (Å²) in [7, 11) is -3.79. The van der Waals surface area contributed by atoms with Gasteiger partial charge in [-0.25, -0.2) is 8.42 Å². The van der Waals surface area contributed by atoms with Crippen LogP contribution in [0.5, 0.6) is 0 Å². The fourth-order valence-electron chi connectivity index (χ4n) is 7.05. The molecule has 0 atom stereocenters. The average molecular weight is 637 g/mol. The highest BCUT2D eigenvalue weighted by atomic mass is 32.2. The summed E-state index contributed by atoms with van der Waals surface area (Å²) in [4.78, 5) is 22.4. The van der Waals surface area contributed by atoms with E-state index >= 15 is 0 Å². The summed E-state index contributed by atoms with van der Waals surface area (Å²) in [6.45, 7) is 8.68. The molecule has 2 aliphatic heterocycles. The number of fused-ring (bicyclic) bond motifs is 4. The zero-order valence-corrected chi connectivity index (χ0v) is 27.3. The van der Waals surface area contributed by atoms with E-state index in [1.54, 1.807) is 49.1 Å². The first kappa shape index (κ1) is 29.0. The molecule has 8 nitrogen and oxygen atoms in total. The second kappa shape index (κ2) is 10.3. The molecule has 6 heterocycles. The van der Waals surface area contributed by atoms with Crippen molar-refractivity contribution in [1.29, 1.82) is 0 Å². The number of pyridine rings is 4. The van der Waals surface area contributed by atoms with Crippen LogP contribution >= 0.6 is 0 Å². The Balaban J connectivity index is 1.14. The first-order valence-corrected chi connectivity index (χ1v) is 16.9. The summed E-state index contributed by atoms with van der Waals surface area (Å²) in [5.74, 6) is 0. The van der Waals surface area contributed by atoms with Crippen LogP contribution in [0.1, 0.15) is 49.9 Å².